The first kappa shape index (κ1) is 28.9. The number of aromatic nitrogens is 4. The molecule has 0 aliphatic carbocycles. The third-order valence-corrected chi connectivity index (χ3v) is 13.8. The zero-order valence-electron chi connectivity index (χ0n) is 70.1. The van der Waals surface area contributed by atoms with Crippen molar-refractivity contribution >= 4 is 32.8 Å². The Morgan fingerprint density at radius 2 is 1.11 bits per heavy atom. The number of aryl methyl sites for hydroxylation is 1. The van der Waals surface area contributed by atoms with E-state index in [4.69, 9.17) is 35.8 Å². The Morgan fingerprint density at radius 1 is 0.500 bits per heavy atom. The van der Waals surface area contributed by atoms with Gasteiger partial charge < -0.3 is 4.74 Å². The fraction of sp³-hybridized carbons (Fsp3) is 0.120. The predicted molar refractivity (Wildman–Crippen MR) is 332 cm³/mol. The maximum absolute atomic E-state index is 10.4. The van der Waals surface area contributed by atoms with E-state index >= 15 is 0 Å². The lowest BCUT2D eigenvalue weighted by molar-refractivity contribution is -0.572. The number of pyridine rings is 1. The minimum Gasteiger partial charge on any atom is -0.458 e. The highest BCUT2D eigenvalue weighted by molar-refractivity contribution is 6.09. The summed E-state index contributed by atoms with van der Waals surface area (Å²) in [5.41, 5.74) is -1.91. The van der Waals surface area contributed by atoms with Crippen molar-refractivity contribution in [2.24, 2.45) is 0 Å². The van der Waals surface area contributed by atoms with E-state index in [2.05, 4.69) is 6.33 Å². The van der Waals surface area contributed by atoms with Gasteiger partial charge in [0.15, 0.2) is 0 Å². The summed E-state index contributed by atoms with van der Waals surface area (Å²) in [4.78, 5) is 4.71. The SMILES string of the molecule is [2H]c1c([2H])c([2H])c(-c2ccc3c(c2)n(-c2cccc(Oc4ccc5c6ccccc6n(-c6cc(C([2H])([2H])[2H])c(-c7c([2H])c([2H])c([2H])c([2H])c7[2H])cn6)c5c4)c2)[c-][n+]3-c2c(-c3c([2H])c(-c4c([2H])c([2H])c([2H])c([2H])c4[2H])c([2H])c(-c4c([2H])c([2H])c([2H])c([2H])c4[2H])c3[2H])cc(C(C)(C)C)cc2C(C)(C)C)c([2H])c1[2H]. The Labute approximate surface area is 505 Å². The molecule has 0 atom stereocenters. The molecule has 10 aromatic carbocycles. The maximum atomic E-state index is 10.4. The van der Waals surface area contributed by atoms with Gasteiger partial charge in [0.1, 0.15) is 17.3 Å². The number of fused-ring (bicyclic) bond motifs is 4. The zero-order chi connectivity index (χ0) is 77.2. The van der Waals surface area contributed by atoms with Crippen molar-refractivity contribution in [2.45, 2.75) is 59.2 Å². The van der Waals surface area contributed by atoms with E-state index in [0.717, 1.165) is 5.39 Å². The molecule has 388 valence electrons. The van der Waals surface area contributed by atoms with Crippen molar-refractivity contribution in [3.63, 3.8) is 0 Å². The lowest BCUT2D eigenvalue weighted by Crippen LogP contribution is -2.35. The van der Waals surface area contributed by atoms with E-state index in [1.54, 1.807) is 80.4 Å². The molecule has 0 aliphatic heterocycles. The summed E-state index contributed by atoms with van der Waals surface area (Å²) in [6.07, 6.45) is 4.71. The summed E-state index contributed by atoms with van der Waals surface area (Å²) in [6.45, 7) is 8.64. The normalized spacial score (nSPS) is 16.7. The van der Waals surface area contributed by atoms with Crippen molar-refractivity contribution in [3.05, 3.63) is 271 Å². The average Bonchev–Trinajstić information content (AvgIpc) is 1.29. The quantitative estimate of drug-likeness (QED) is 0.101. The van der Waals surface area contributed by atoms with Crippen LogP contribution in [0.4, 0.5) is 0 Å². The largest absolute Gasteiger partial charge is 0.458 e. The lowest BCUT2D eigenvalue weighted by Gasteiger charge is -2.30. The first-order valence-electron chi connectivity index (χ1n) is 38.5. The number of rotatable bonds is 10. The lowest BCUT2D eigenvalue weighted by atomic mass is 9.77. The number of benzene rings is 10. The molecule has 0 amide bonds. The highest BCUT2D eigenvalue weighted by atomic mass is 16.5. The van der Waals surface area contributed by atoms with E-state index in [-0.39, 0.29) is 67.5 Å². The van der Waals surface area contributed by atoms with Crippen molar-refractivity contribution in [1.82, 2.24) is 14.1 Å². The topological polar surface area (TPSA) is 35.9 Å². The Morgan fingerprint density at radius 3 is 1.76 bits per heavy atom. The van der Waals surface area contributed by atoms with Gasteiger partial charge in [0.05, 0.1) is 65.0 Å². The van der Waals surface area contributed by atoms with Crippen LogP contribution in [-0.2, 0) is 10.8 Å². The van der Waals surface area contributed by atoms with E-state index in [9.17, 15) is 9.60 Å². The molecule has 0 N–H and O–H groups in total. The molecule has 3 aromatic heterocycles. The molecule has 13 rings (SSSR count). The Bertz CT molecular complexity index is 5790. The van der Waals surface area contributed by atoms with Crippen LogP contribution in [-0.4, -0.2) is 14.1 Å². The zero-order valence-corrected chi connectivity index (χ0v) is 44.1. The summed E-state index contributed by atoms with van der Waals surface area (Å²) >= 11 is 0. The van der Waals surface area contributed by atoms with Crippen LogP contribution in [0.25, 0.3) is 106 Å². The van der Waals surface area contributed by atoms with Crippen LogP contribution < -0.4 is 9.30 Å². The summed E-state index contributed by atoms with van der Waals surface area (Å²) in [6, 6.07) is 12.6. The summed E-state index contributed by atoms with van der Waals surface area (Å²) in [5, 5.41) is 1.44. The average molecular weight is 1060 g/mol. The van der Waals surface area contributed by atoms with Crippen LogP contribution in [0.1, 0.15) is 93.9 Å². The number of para-hydroxylation sites is 1. The fourth-order valence-corrected chi connectivity index (χ4v) is 9.92. The number of hydrogen-bond donors (Lipinski definition) is 0. The van der Waals surface area contributed by atoms with Gasteiger partial charge in [0.2, 0.25) is 0 Å². The summed E-state index contributed by atoms with van der Waals surface area (Å²) in [5.74, 6) is 0.605. The van der Waals surface area contributed by atoms with Crippen LogP contribution >= 0.6 is 0 Å². The molecule has 5 heteroatoms. The molecule has 0 spiro atoms. The number of hydrogen-bond acceptors (Lipinski definition) is 2. The van der Waals surface area contributed by atoms with Crippen molar-refractivity contribution in [1.29, 1.82) is 0 Å². The molecule has 13 aromatic rings. The first-order chi connectivity index (χ1) is 49.6. The molecular weight excluding hydrogens is 973 g/mol. The van der Waals surface area contributed by atoms with E-state index < -0.39 is 179 Å². The minimum absolute atomic E-state index is 0.0456. The third-order valence-electron chi connectivity index (χ3n) is 13.8. The van der Waals surface area contributed by atoms with Crippen LogP contribution in [0.2, 0.25) is 0 Å². The highest BCUT2D eigenvalue weighted by Crippen LogP contribution is 2.43. The van der Waals surface area contributed by atoms with Crippen molar-refractivity contribution in [2.75, 3.05) is 0 Å². The van der Waals surface area contributed by atoms with Gasteiger partial charge in [-0.1, -0.05) is 211 Å². The Kier molecular flexibility index (Phi) is 7.22. The monoisotopic (exact) mass is 1060 g/mol. The first-order valence-corrected chi connectivity index (χ1v) is 25.5. The van der Waals surface area contributed by atoms with Gasteiger partial charge >= 0.3 is 0 Å². The summed E-state index contributed by atoms with van der Waals surface area (Å²) in [7, 11) is 0. The second kappa shape index (κ2) is 20.0. The molecule has 5 nitrogen and oxygen atoms in total. The number of imidazole rings is 1. The Balaban J connectivity index is 1.08. The van der Waals surface area contributed by atoms with Crippen LogP contribution in [0, 0.1) is 13.2 Å². The van der Waals surface area contributed by atoms with E-state index in [0.29, 0.717) is 38.8 Å². The second-order valence-electron chi connectivity index (χ2n) is 21.1. The van der Waals surface area contributed by atoms with Crippen LogP contribution in [0.15, 0.2) is 248 Å². The highest BCUT2D eigenvalue weighted by Gasteiger charge is 2.29. The van der Waals surface area contributed by atoms with Crippen LogP contribution in [0.5, 0.6) is 11.5 Å². The molecule has 0 saturated heterocycles. The fourth-order valence-electron chi connectivity index (χ4n) is 9.92. The van der Waals surface area contributed by atoms with Gasteiger partial charge in [-0.05, 0) is 151 Å². The molecule has 0 unspecified atom stereocenters. The molecule has 80 heavy (non-hydrogen) atoms. The van der Waals surface area contributed by atoms with Crippen molar-refractivity contribution in [3.8, 4) is 84.3 Å². The molecule has 3 heterocycles. The molecular formula is C75H62N4O. The van der Waals surface area contributed by atoms with Gasteiger partial charge in [-0.2, -0.15) is 0 Å². The Hall–Kier alpha value is -9.58. The molecule has 0 aliphatic rings. The summed E-state index contributed by atoms with van der Waals surface area (Å²) < 4.78 is 244. The van der Waals surface area contributed by atoms with E-state index in [1.807, 2.05) is 71.9 Å². The van der Waals surface area contributed by atoms with Gasteiger partial charge in [0.25, 0.3) is 6.33 Å². The van der Waals surface area contributed by atoms with Gasteiger partial charge in [0, 0.05) is 32.7 Å². The number of nitrogens with zero attached hydrogens (tertiary/aromatic N) is 4. The molecule has 0 bridgehead atoms. The molecule has 0 saturated carbocycles. The molecule has 0 radical (unpaired) electrons. The minimum atomic E-state index is -2.88. The van der Waals surface area contributed by atoms with Gasteiger partial charge in [-0.15, -0.1) is 0 Å². The van der Waals surface area contributed by atoms with Crippen molar-refractivity contribution < 1.29 is 44.9 Å². The maximum Gasteiger partial charge on any atom is 0.269 e. The standard InChI is InChI=1S/C75H62N4O/c1-50-39-72(76-48-66(50)54-29-18-11-19-30-54)79-68-34-21-20-33-63(68)64-37-36-62(47-70(64)79)80-61-32-22-31-60(46-61)77-49-78(69-38-35-55(43-71(69)77)51-23-12-8-13-24-51)73-65(44-59(74(2,3)4)45-67(73)75(5,6)7)58-41-56(52-25-14-9-15-26-52)40-57(42-58)53-27-16-10-17-28-53/h8-48H,1-7H3/i1D3,8D,9D,10D,11D,12D,13D,14D,15D,16D,17D,18D,19D,23D,24D,25D,26D,27D,28D,29D,30D,40D,41D,42D. The van der Waals surface area contributed by atoms with Crippen LogP contribution in [0.3, 0.4) is 0 Å². The second-order valence-corrected chi connectivity index (χ2v) is 21.1. The third kappa shape index (κ3) is 9.35. The smallest absolute Gasteiger partial charge is 0.269 e. The number of ether oxygens (including phenoxy) is 1. The molecule has 0 fully saturated rings. The van der Waals surface area contributed by atoms with E-state index in [1.165, 1.54) is 12.3 Å². The predicted octanol–water partition coefficient (Wildman–Crippen LogP) is 19.2. The van der Waals surface area contributed by atoms with Gasteiger partial charge in [-0.25, -0.2) is 4.98 Å². The van der Waals surface area contributed by atoms with Gasteiger partial charge in [-0.3, -0.25) is 13.7 Å².